The van der Waals surface area contributed by atoms with E-state index in [1.165, 1.54) is 0 Å². The monoisotopic (exact) mass is 585 g/mol. The number of benzene rings is 1. The van der Waals surface area contributed by atoms with Crippen molar-refractivity contribution in [2.45, 2.75) is 51.2 Å². The summed E-state index contributed by atoms with van der Waals surface area (Å²) in [6, 6.07) is 9.63. The first kappa shape index (κ1) is 27.8. The third-order valence-electron chi connectivity index (χ3n) is 9.25. The lowest BCUT2D eigenvalue weighted by Gasteiger charge is -2.30. The van der Waals surface area contributed by atoms with Gasteiger partial charge in [0.15, 0.2) is 5.82 Å². The zero-order chi connectivity index (χ0) is 29.8. The molecule has 0 unspecified atom stereocenters. The molecule has 2 bridgehead atoms. The molecular formula is C32H39N7O4. The lowest BCUT2D eigenvalue weighted by atomic mass is 10.0. The SMILES string of the molecule is COc1cc(C(=O)N2CCC[C@@H](N)C2)cc2nc(-c3cc4ccc5nc4n3C[C@@H]3C[C@H]3COCCC(=O)N[C@@H]5C)n(C)c12. The largest absolute Gasteiger partial charge is 0.494 e. The summed E-state index contributed by atoms with van der Waals surface area (Å²) in [6.45, 7) is 5.08. The summed E-state index contributed by atoms with van der Waals surface area (Å²) in [5.74, 6) is 2.20. The number of imidazole rings is 1. The maximum Gasteiger partial charge on any atom is 0.254 e. The van der Waals surface area contributed by atoms with Gasteiger partial charge in [-0.3, -0.25) is 9.59 Å². The summed E-state index contributed by atoms with van der Waals surface area (Å²) >= 11 is 0. The quantitative estimate of drug-likeness (QED) is 0.377. The molecule has 1 aliphatic carbocycles. The minimum absolute atomic E-state index is 0.000503. The molecule has 4 atom stereocenters. The molecule has 2 amide bonds. The third kappa shape index (κ3) is 5.14. The highest BCUT2D eigenvalue weighted by molar-refractivity contribution is 6.00. The Bertz CT molecular complexity index is 1730. The van der Waals surface area contributed by atoms with Crippen molar-refractivity contribution in [2.24, 2.45) is 24.6 Å². The second kappa shape index (κ2) is 10.9. The second-order valence-electron chi connectivity index (χ2n) is 12.4. The van der Waals surface area contributed by atoms with Gasteiger partial charge in [-0.25, -0.2) is 9.97 Å². The van der Waals surface area contributed by atoms with Crippen LogP contribution in [0.2, 0.25) is 0 Å². The number of nitrogens with two attached hydrogens (primary N) is 1. The van der Waals surface area contributed by atoms with E-state index >= 15 is 0 Å². The van der Waals surface area contributed by atoms with Crippen molar-refractivity contribution < 1.29 is 19.1 Å². The molecule has 43 heavy (non-hydrogen) atoms. The van der Waals surface area contributed by atoms with E-state index in [-0.39, 0.29) is 23.9 Å². The molecule has 5 heterocycles. The molecule has 3 N–H and O–H groups in total. The number of carbonyl (C=O) groups excluding carboxylic acids is 2. The summed E-state index contributed by atoms with van der Waals surface area (Å²) in [5, 5.41) is 4.06. The number of pyridine rings is 1. The molecule has 11 heteroatoms. The molecule has 1 saturated carbocycles. The van der Waals surface area contributed by atoms with Gasteiger partial charge in [-0.1, -0.05) is 0 Å². The van der Waals surface area contributed by atoms with Crippen LogP contribution in [0.25, 0.3) is 33.6 Å². The normalized spacial score (nSPS) is 24.6. The average Bonchev–Trinajstić information content (AvgIpc) is 3.52. The summed E-state index contributed by atoms with van der Waals surface area (Å²) in [5.41, 5.74) is 10.9. The highest BCUT2D eigenvalue weighted by Crippen LogP contribution is 2.42. The molecular weight excluding hydrogens is 546 g/mol. The lowest BCUT2D eigenvalue weighted by molar-refractivity contribution is -0.122. The Morgan fingerprint density at radius 1 is 1.16 bits per heavy atom. The number of ether oxygens (including phenoxy) is 2. The first-order valence-corrected chi connectivity index (χ1v) is 15.3. The van der Waals surface area contributed by atoms with Crippen LogP contribution in [0.15, 0.2) is 30.3 Å². The summed E-state index contributed by atoms with van der Waals surface area (Å²) in [7, 11) is 3.61. The zero-order valence-electron chi connectivity index (χ0n) is 25.0. The van der Waals surface area contributed by atoms with E-state index < -0.39 is 0 Å². The van der Waals surface area contributed by atoms with Crippen LogP contribution in [0.5, 0.6) is 5.75 Å². The molecule has 11 nitrogen and oxygen atoms in total. The number of piperidine rings is 1. The van der Waals surface area contributed by atoms with Gasteiger partial charge in [0.1, 0.15) is 16.9 Å². The van der Waals surface area contributed by atoms with Crippen molar-refractivity contribution in [1.29, 1.82) is 0 Å². The predicted molar refractivity (Wildman–Crippen MR) is 163 cm³/mol. The molecule has 3 aromatic heterocycles. The van der Waals surface area contributed by atoms with Crippen molar-refractivity contribution in [2.75, 3.05) is 33.4 Å². The summed E-state index contributed by atoms with van der Waals surface area (Å²) < 4.78 is 16.0. The van der Waals surface area contributed by atoms with Crippen molar-refractivity contribution in [1.82, 2.24) is 29.3 Å². The Morgan fingerprint density at radius 3 is 2.84 bits per heavy atom. The number of nitrogens with zero attached hydrogens (tertiary/aromatic N) is 5. The van der Waals surface area contributed by atoms with Crippen molar-refractivity contribution in [3.8, 4) is 17.3 Å². The number of aryl methyl sites for hydroxylation is 1. The maximum absolute atomic E-state index is 13.5. The number of likely N-dealkylation sites (tertiary alicyclic amines) is 1. The fourth-order valence-electron chi connectivity index (χ4n) is 6.71. The number of fused-ring (bicyclic) bond motifs is 3. The smallest absolute Gasteiger partial charge is 0.254 e. The fourth-order valence-corrected chi connectivity index (χ4v) is 6.71. The Kier molecular flexibility index (Phi) is 7.09. The Morgan fingerprint density at radius 2 is 2.02 bits per heavy atom. The number of hydrogen-bond acceptors (Lipinski definition) is 7. The Balaban J connectivity index is 1.33. The van der Waals surface area contributed by atoms with Crippen LogP contribution in [0, 0.1) is 11.8 Å². The third-order valence-corrected chi connectivity index (χ3v) is 9.25. The topological polar surface area (TPSA) is 130 Å². The summed E-state index contributed by atoms with van der Waals surface area (Å²) in [4.78, 5) is 38.0. The van der Waals surface area contributed by atoms with Crippen LogP contribution >= 0.6 is 0 Å². The standard InChI is InChI=1S/C32H39N7O4/c1-18-24-7-6-19-13-26(39(30(19)35-24)15-21-11-22(21)17-43-10-8-28(40)34-18)31-36-25-12-20(14-27(42-3)29(25)37(31)2)32(41)38-9-4-5-23(33)16-38/h6-7,12-14,18,21-23H,4-5,8-11,15-17,33H2,1-3H3,(H,34,40)/t18-,21+,22+,23-/m1/s1. The molecule has 0 spiro atoms. The fraction of sp³-hybridized carbons (Fsp3) is 0.500. The van der Waals surface area contributed by atoms with Gasteiger partial charge in [-0.2, -0.15) is 0 Å². The number of hydrogen-bond donors (Lipinski definition) is 2. The van der Waals surface area contributed by atoms with E-state index in [0.717, 1.165) is 59.6 Å². The number of carbonyl (C=O) groups is 2. The average molecular weight is 586 g/mol. The Hall–Kier alpha value is -3.96. The van der Waals surface area contributed by atoms with Crippen molar-refractivity contribution in [3.63, 3.8) is 0 Å². The van der Waals surface area contributed by atoms with Gasteiger partial charge in [0.05, 0.1) is 36.7 Å². The molecule has 0 radical (unpaired) electrons. The molecule has 226 valence electrons. The molecule has 1 aromatic carbocycles. The van der Waals surface area contributed by atoms with Gasteiger partial charge < -0.3 is 34.6 Å². The maximum atomic E-state index is 13.5. The van der Waals surface area contributed by atoms with Gasteiger partial charge in [-0.05, 0) is 68.4 Å². The van der Waals surface area contributed by atoms with Gasteiger partial charge >= 0.3 is 0 Å². The van der Waals surface area contributed by atoms with Gasteiger partial charge in [0, 0.05) is 56.7 Å². The highest BCUT2D eigenvalue weighted by atomic mass is 16.5. The number of aromatic nitrogens is 4. The number of nitrogens with one attached hydrogen (secondary N) is 1. The van der Waals surface area contributed by atoms with Crippen LogP contribution in [-0.4, -0.2) is 75.3 Å². The van der Waals surface area contributed by atoms with Gasteiger partial charge in [0.25, 0.3) is 5.91 Å². The first-order chi connectivity index (χ1) is 20.8. The van der Waals surface area contributed by atoms with Crippen LogP contribution in [0.1, 0.15) is 54.7 Å². The van der Waals surface area contributed by atoms with E-state index in [4.69, 9.17) is 25.2 Å². The van der Waals surface area contributed by atoms with Crippen LogP contribution < -0.4 is 15.8 Å². The van der Waals surface area contributed by atoms with E-state index in [0.29, 0.717) is 61.4 Å². The zero-order valence-corrected chi connectivity index (χ0v) is 25.0. The molecule has 2 fully saturated rings. The molecule has 3 aliphatic rings. The molecule has 1 saturated heterocycles. The van der Waals surface area contributed by atoms with Crippen molar-refractivity contribution >= 4 is 33.9 Å². The van der Waals surface area contributed by atoms with E-state index in [1.807, 2.05) is 41.6 Å². The number of rotatable bonds is 3. The summed E-state index contributed by atoms with van der Waals surface area (Å²) in [6.07, 6.45) is 3.25. The first-order valence-electron chi connectivity index (χ1n) is 15.3. The number of methoxy groups -OCH3 is 1. The Labute approximate surface area is 250 Å². The minimum atomic E-state index is -0.231. The van der Waals surface area contributed by atoms with Crippen LogP contribution in [-0.2, 0) is 23.1 Å². The molecule has 2 aliphatic heterocycles. The minimum Gasteiger partial charge on any atom is -0.494 e. The number of amides is 2. The molecule has 4 aromatic rings. The molecule has 7 rings (SSSR count). The van der Waals surface area contributed by atoms with Crippen molar-refractivity contribution in [3.05, 3.63) is 41.6 Å². The van der Waals surface area contributed by atoms with E-state index in [9.17, 15) is 9.59 Å². The van der Waals surface area contributed by atoms with Gasteiger partial charge in [-0.15, -0.1) is 0 Å². The van der Waals surface area contributed by atoms with Gasteiger partial charge in [0.2, 0.25) is 5.91 Å². The lowest BCUT2D eigenvalue weighted by Crippen LogP contribution is -2.45. The highest BCUT2D eigenvalue weighted by Gasteiger charge is 2.38. The second-order valence-corrected chi connectivity index (χ2v) is 12.4. The predicted octanol–water partition coefficient (Wildman–Crippen LogP) is 3.40. The van der Waals surface area contributed by atoms with E-state index in [1.54, 1.807) is 7.11 Å². The van der Waals surface area contributed by atoms with Crippen LogP contribution in [0.4, 0.5) is 0 Å². The van der Waals surface area contributed by atoms with Crippen LogP contribution in [0.3, 0.4) is 0 Å². The van der Waals surface area contributed by atoms with E-state index in [2.05, 4.69) is 22.0 Å².